The van der Waals surface area contributed by atoms with Crippen LogP contribution in [0.4, 0.5) is 0 Å². The molecule has 0 aliphatic heterocycles. The van der Waals surface area contributed by atoms with Crippen LogP contribution < -0.4 is 5.32 Å². The van der Waals surface area contributed by atoms with Crippen LogP contribution in [0.1, 0.15) is 25.8 Å². The van der Waals surface area contributed by atoms with Crippen molar-refractivity contribution in [2.75, 3.05) is 0 Å². The van der Waals surface area contributed by atoms with E-state index >= 15 is 0 Å². The third-order valence-corrected chi connectivity index (χ3v) is 3.08. The van der Waals surface area contributed by atoms with Crippen molar-refractivity contribution in [3.8, 4) is 0 Å². The molecular weight excluding hydrogens is 238 g/mol. The van der Waals surface area contributed by atoms with Crippen LogP contribution in [0.25, 0.3) is 0 Å². The number of carboxylic acids is 1. The van der Waals surface area contributed by atoms with Crippen LogP contribution in [-0.2, 0) is 11.3 Å². The Morgan fingerprint density at radius 2 is 2.06 bits per heavy atom. The van der Waals surface area contributed by atoms with Gasteiger partial charge in [-0.1, -0.05) is 43.6 Å². The van der Waals surface area contributed by atoms with Crippen molar-refractivity contribution in [1.82, 2.24) is 5.32 Å². The minimum absolute atomic E-state index is 0.0382. The summed E-state index contributed by atoms with van der Waals surface area (Å²) in [5.74, 6) is -0.510. The first-order valence-electron chi connectivity index (χ1n) is 5.69. The van der Waals surface area contributed by atoms with E-state index in [1.54, 1.807) is 0 Å². The molecule has 0 aromatic heterocycles. The maximum absolute atomic E-state index is 10.7. The number of halogens is 1. The summed E-state index contributed by atoms with van der Waals surface area (Å²) in [7, 11) is 0. The normalized spacial score (nSPS) is 12.7. The highest BCUT2D eigenvalue weighted by Crippen LogP contribution is 2.15. The van der Waals surface area contributed by atoms with E-state index in [0.717, 1.165) is 5.56 Å². The first-order chi connectivity index (χ1) is 8.00. The third-order valence-electron chi connectivity index (χ3n) is 2.71. The van der Waals surface area contributed by atoms with Crippen LogP contribution in [0.2, 0.25) is 5.02 Å². The SMILES string of the molecule is CC(C)C(CC(=O)O)NCc1ccccc1Cl. The van der Waals surface area contributed by atoms with E-state index in [9.17, 15) is 4.79 Å². The van der Waals surface area contributed by atoms with Gasteiger partial charge in [-0.2, -0.15) is 0 Å². The second kappa shape index (κ2) is 6.62. The molecule has 0 aliphatic carbocycles. The second-order valence-electron chi connectivity index (χ2n) is 4.42. The average Bonchev–Trinajstić information content (AvgIpc) is 2.25. The number of rotatable bonds is 6. The predicted octanol–water partition coefficient (Wildman–Crippen LogP) is 2.93. The van der Waals surface area contributed by atoms with E-state index in [1.807, 2.05) is 38.1 Å². The maximum atomic E-state index is 10.7. The predicted molar refractivity (Wildman–Crippen MR) is 69.2 cm³/mol. The van der Waals surface area contributed by atoms with Gasteiger partial charge in [0.05, 0.1) is 6.42 Å². The second-order valence-corrected chi connectivity index (χ2v) is 4.83. The molecule has 0 saturated carbocycles. The lowest BCUT2D eigenvalue weighted by molar-refractivity contribution is -0.137. The number of aliphatic carboxylic acids is 1. The van der Waals surface area contributed by atoms with Gasteiger partial charge in [-0.3, -0.25) is 4.79 Å². The molecule has 2 N–H and O–H groups in total. The summed E-state index contributed by atoms with van der Waals surface area (Å²) < 4.78 is 0. The lowest BCUT2D eigenvalue weighted by Gasteiger charge is -2.21. The lowest BCUT2D eigenvalue weighted by atomic mass is 10.0. The molecule has 1 rings (SSSR count). The van der Waals surface area contributed by atoms with Crippen molar-refractivity contribution in [2.45, 2.75) is 32.9 Å². The van der Waals surface area contributed by atoms with Crippen molar-refractivity contribution in [3.63, 3.8) is 0 Å². The number of carboxylic acid groups (broad SMARTS) is 1. The summed E-state index contributed by atoms with van der Waals surface area (Å²) >= 11 is 6.04. The van der Waals surface area contributed by atoms with E-state index in [4.69, 9.17) is 16.7 Å². The minimum Gasteiger partial charge on any atom is -0.481 e. The molecule has 0 radical (unpaired) electrons. The molecule has 0 aliphatic rings. The molecule has 1 aromatic rings. The smallest absolute Gasteiger partial charge is 0.304 e. The molecule has 0 amide bonds. The Hall–Kier alpha value is -1.06. The molecule has 94 valence electrons. The molecule has 0 spiro atoms. The monoisotopic (exact) mass is 255 g/mol. The molecule has 0 fully saturated rings. The maximum Gasteiger partial charge on any atom is 0.304 e. The van der Waals surface area contributed by atoms with Crippen molar-refractivity contribution >= 4 is 17.6 Å². The highest BCUT2D eigenvalue weighted by Gasteiger charge is 2.16. The molecule has 3 nitrogen and oxygen atoms in total. The van der Waals surface area contributed by atoms with Gasteiger partial charge in [0.15, 0.2) is 0 Å². The lowest BCUT2D eigenvalue weighted by Crippen LogP contribution is -2.35. The first kappa shape index (κ1) is 14.0. The van der Waals surface area contributed by atoms with E-state index in [1.165, 1.54) is 0 Å². The van der Waals surface area contributed by atoms with E-state index < -0.39 is 5.97 Å². The number of carbonyl (C=O) groups is 1. The van der Waals surface area contributed by atoms with Gasteiger partial charge < -0.3 is 10.4 Å². The molecule has 0 heterocycles. The highest BCUT2D eigenvalue weighted by molar-refractivity contribution is 6.31. The Labute approximate surface area is 107 Å². The number of nitrogens with one attached hydrogen (secondary N) is 1. The fraction of sp³-hybridized carbons (Fsp3) is 0.462. The van der Waals surface area contributed by atoms with Crippen LogP contribution >= 0.6 is 11.6 Å². The Morgan fingerprint density at radius 3 is 2.59 bits per heavy atom. The van der Waals surface area contributed by atoms with Crippen molar-refractivity contribution in [3.05, 3.63) is 34.9 Å². The number of hydrogen-bond acceptors (Lipinski definition) is 2. The van der Waals surface area contributed by atoms with Crippen molar-refractivity contribution in [1.29, 1.82) is 0 Å². The molecule has 1 atom stereocenters. The molecule has 1 aromatic carbocycles. The largest absolute Gasteiger partial charge is 0.481 e. The number of benzene rings is 1. The molecule has 1 unspecified atom stereocenters. The quantitative estimate of drug-likeness (QED) is 0.822. The number of hydrogen-bond donors (Lipinski definition) is 2. The van der Waals surface area contributed by atoms with Gasteiger partial charge >= 0.3 is 5.97 Å². The summed E-state index contributed by atoms with van der Waals surface area (Å²) in [4.78, 5) is 10.7. The van der Waals surface area contributed by atoms with Crippen LogP contribution in [-0.4, -0.2) is 17.1 Å². The van der Waals surface area contributed by atoms with Crippen molar-refractivity contribution < 1.29 is 9.90 Å². The molecule has 0 bridgehead atoms. The average molecular weight is 256 g/mol. The zero-order valence-corrected chi connectivity index (χ0v) is 10.9. The van der Waals surface area contributed by atoms with Crippen LogP contribution in [0.5, 0.6) is 0 Å². The Kier molecular flexibility index (Phi) is 5.45. The van der Waals surface area contributed by atoms with Gasteiger partial charge in [-0.25, -0.2) is 0 Å². The third kappa shape index (κ3) is 4.75. The molecular formula is C13H18ClNO2. The van der Waals surface area contributed by atoms with Crippen molar-refractivity contribution in [2.24, 2.45) is 5.92 Å². The summed E-state index contributed by atoms with van der Waals surface area (Å²) in [6.45, 7) is 4.61. The zero-order chi connectivity index (χ0) is 12.8. The van der Waals surface area contributed by atoms with Gasteiger partial charge in [-0.05, 0) is 17.5 Å². The summed E-state index contributed by atoms with van der Waals surface area (Å²) in [5, 5.41) is 12.8. The topological polar surface area (TPSA) is 49.3 Å². The summed E-state index contributed by atoms with van der Waals surface area (Å²) in [6.07, 6.45) is 0.127. The fourth-order valence-electron chi connectivity index (χ4n) is 1.61. The standard InChI is InChI=1S/C13H18ClNO2/c1-9(2)12(7-13(16)17)15-8-10-5-3-4-6-11(10)14/h3-6,9,12,15H,7-8H2,1-2H3,(H,16,17). The minimum atomic E-state index is -0.782. The fourth-order valence-corrected chi connectivity index (χ4v) is 1.82. The first-order valence-corrected chi connectivity index (χ1v) is 6.07. The van der Waals surface area contributed by atoms with E-state index in [0.29, 0.717) is 11.6 Å². The molecule has 17 heavy (non-hydrogen) atoms. The Bertz CT molecular complexity index is 379. The summed E-state index contributed by atoms with van der Waals surface area (Å²) in [5.41, 5.74) is 0.991. The van der Waals surface area contributed by atoms with Crippen LogP contribution in [0.15, 0.2) is 24.3 Å². The van der Waals surface area contributed by atoms with Gasteiger partial charge in [0.1, 0.15) is 0 Å². The highest BCUT2D eigenvalue weighted by atomic mass is 35.5. The van der Waals surface area contributed by atoms with Gasteiger partial charge in [0, 0.05) is 17.6 Å². The van der Waals surface area contributed by atoms with Gasteiger partial charge in [0.2, 0.25) is 0 Å². The van der Waals surface area contributed by atoms with E-state index in [-0.39, 0.29) is 18.4 Å². The Balaban J connectivity index is 2.58. The van der Waals surface area contributed by atoms with Crippen LogP contribution in [0.3, 0.4) is 0 Å². The van der Waals surface area contributed by atoms with E-state index in [2.05, 4.69) is 5.32 Å². The molecule has 0 saturated heterocycles. The van der Waals surface area contributed by atoms with Gasteiger partial charge in [-0.15, -0.1) is 0 Å². The molecule has 4 heteroatoms. The zero-order valence-electron chi connectivity index (χ0n) is 10.1. The Morgan fingerprint density at radius 1 is 1.41 bits per heavy atom. The van der Waals surface area contributed by atoms with Gasteiger partial charge in [0.25, 0.3) is 0 Å². The van der Waals surface area contributed by atoms with Crippen LogP contribution in [0, 0.1) is 5.92 Å². The summed E-state index contributed by atoms with van der Waals surface area (Å²) in [6, 6.07) is 7.53.